The first-order valence-electron chi connectivity index (χ1n) is 11.6. The van der Waals surface area contributed by atoms with Crippen LogP contribution >= 0.6 is 11.6 Å². The van der Waals surface area contributed by atoms with Crippen LogP contribution in [0.1, 0.15) is 12.0 Å². The number of benzene rings is 2. The van der Waals surface area contributed by atoms with E-state index in [1.54, 1.807) is 60.5 Å². The lowest BCUT2D eigenvalue weighted by Gasteiger charge is -2.36. The van der Waals surface area contributed by atoms with E-state index in [2.05, 4.69) is 5.32 Å². The fraction of sp³-hybridized carbons (Fsp3) is 0.400. The number of urea groups is 1. The lowest BCUT2D eigenvalue weighted by Crippen LogP contribution is -2.54. The van der Waals surface area contributed by atoms with Crippen LogP contribution in [0.4, 0.5) is 16.2 Å². The number of nitrogens with two attached hydrogens (primary N) is 1. The monoisotopic (exact) mass is 516 g/mol. The van der Waals surface area contributed by atoms with E-state index < -0.39 is 23.6 Å². The molecular weight excluding hydrogens is 488 g/mol. The largest absolute Gasteiger partial charge is 0.382 e. The number of ether oxygens (including phenoxy) is 3. The first kappa shape index (κ1) is 25.9. The van der Waals surface area contributed by atoms with Gasteiger partial charge in [-0.1, -0.05) is 23.7 Å². The van der Waals surface area contributed by atoms with Gasteiger partial charge in [0.15, 0.2) is 5.54 Å². The molecule has 0 aliphatic carbocycles. The number of likely N-dealkylation sites (tertiary alicyclic amines) is 1. The molecule has 11 heteroatoms. The highest BCUT2D eigenvalue weighted by Crippen LogP contribution is 2.41. The molecule has 0 saturated carbocycles. The fourth-order valence-electron chi connectivity index (χ4n) is 4.65. The predicted molar refractivity (Wildman–Crippen MR) is 134 cm³/mol. The van der Waals surface area contributed by atoms with Crippen molar-refractivity contribution in [3.8, 4) is 0 Å². The van der Waals surface area contributed by atoms with Crippen LogP contribution in [0, 0.1) is 0 Å². The zero-order valence-corrected chi connectivity index (χ0v) is 20.7. The first-order valence-corrected chi connectivity index (χ1v) is 12.0. The van der Waals surface area contributed by atoms with E-state index in [9.17, 15) is 14.4 Å². The zero-order valence-electron chi connectivity index (χ0n) is 19.9. The summed E-state index contributed by atoms with van der Waals surface area (Å²) in [7, 11) is 1.57. The van der Waals surface area contributed by atoms with Crippen LogP contribution in [0.5, 0.6) is 0 Å². The number of hydrogen-bond donors (Lipinski definition) is 2. The molecule has 2 aromatic carbocycles. The van der Waals surface area contributed by atoms with Crippen molar-refractivity contribution in [1.29, 1.82) is 0 Å². The molecule has 0 aromatic heterocycles. The van der Waals surface area contributed by atoms with Gasteiger partial charge in [0, 0.05) is 36.5 Å². The Kier molecular flexibility index (Phi) is 8.10. The minimum Gasteiger partial charge on any atom is -0.382 e. The summed E-state index contributed by atoms with van der Waals surface area (Å²) in [6.07, 6.45) is -0.225. The van der Waals surface area contributed by atoms with Crippen molar-refractivity contribution in [2.24, 2.45) is 5.73 Å². The molecule has 2 aliphatic rings. The average Bonchev–Trinajstić information content (AvgIpc) is 3.27. The maximum absolute atomic E-state index is 13.9. The number of nitrogens with zero attached hydrogens (tertiary/aromatic N) is 2. The third-order valence-corrected chi connectivity index (χ3v) is 6.65. The third kappa shape index (κ3) is 5.31. The number of carbonyl (C=O) groups is 3. The average molecular weight is 517 g/mol. The van der Waals surface area contributed by atoms with Crippen LogP contribution in [0.2, 0.25) is 5.02 Å². The molecule has 3 N–H and O–H groups in total. The quantitative estimate of drug-likeness (QED) is 0.519. The number of methoxy groups -OCH3 is 1. The van der Waals surface area contributed by atoms with Crippen LogP contribution in [0.15, 0.2) is 48.5 Å². The number of anilines is 2. The molecule has 4 amide bonds. The second-order valence-electron chi connectivity index (χ2n) is 8.60. The van der Waals surface area contributed by atoms with Gasteiger partial charge in [0.1, 0.15) is 6.61 Å². The number of carbonyl (C=O) groups excluding carboxylic acids is 3. The second-order valence-corrected chi connectivity index (χ2v) is 9.04. The molecule has 0 spiro atoms. The molecule has 0 bridgehead atoms. The number of nitrogens with one attached hydrogen (secondary N) is 1. The topological polar surface area (TPSA) is 123 Å². The van der Waals surface area contributed by atoms with Crippen molar-refractivity contribution in [2.75, 3.05) is 56.8 Å². The van der Waals surface area contributed by atoms with Crippen molar-refractivity contribution < 1.29 is 28.6 Å². The Balaban J connectivity index is 1.62. The Morgan fingerprint density at radius 2 is 1.89 bits per heavy atom. The number of rotatable bonds is 8. The normalized spacial score (nSPS) is 22.1. The summed E-state index contributed by atoms with van der Waals surface area (Å²) >= 11 is 6.09. The molecule has 2 aliphatic heterocycles. The van der Waals surface area contributed by atoms with E-state index in [0.29, 0.717) is 48.3 Å². The maximum atomic E-state index is 13.9. The van der Waals surface area contributed by atoms with Crippen LogP contribution in [0.25, 0.3) is 0 Å². The van der Waals surface area contributed by atoms with Gasteiger partial charge < -0.3 is 35.1 Å². The molecule has 192 valence electrons. The summed E-state index contributed by atoms with van der Waals surface area (Å²) in [4.78, 5) is 41.6. The zero-order chi connectivity index (χ0) is 25.7. The maximum Gasteiger partial charge on any atom is 0.316 e. The van der Waals surface area contributed by atoms with E-state index in [1.807, 2.05) is 0 Å². The van der Waals surface area contributed by atoms with Crippen LogP contribution in [0.3, 0.4) is 0 Å². The van der Waals surface area contributed by atoms with Gasteiger partial charge in [0.2, 0.25) is 0 Å². The van der Waals surface area contributed by atoms with Crippen LogP contribution < -0.4 is 16.0 Å². The van der Waals surface area contributed by atoms with Crippen molar-refractivity contribution in [3.05, 3.63) is 59.1 Å². The number of hydrogen-bond acceptors (Lipinski definition) is 6. The van der Waals surface area contributed by atoms with E-state index >= 15 is 0 Å². The Morgan fingerprint density at radius 1 is 1.17 bits per heavy atom. The summed E-state index contributed by atoms with van der Waals surface area (Å²) < 4.78 is 16.1. The summed E-state index contributed by atoms with van der Waals surface area (Å²) in [5, 5.41) is 3.42. The lowest BCUT2D eigenvalue weighted by atomic mass is 9.85. The SMILES string of the molecule is COCCO[C@H]1CN(C(N)=O)[C@@](C(=O)Nc2ccc(N3CCOCC3=O)cc2)(c2ccc(Cl)cc2)C1. The summed E-state index contributed by atoms with van der Waals surface area (Å²) in [5.74, 6) is -0.557. The number of primary amides is 1. The third-order valence-electron chi connectivity index (χ3n) is 6.40. The van der Waals surface area contributed by atoms with Gasteiger partial charge in [-0.2, -0.15) is 0 Å². The Labute approximate surface area is 214 Å². The van der Waals surface area contributed by atoms with Gasteiger partial charge in [0.05, 0.1) is 32.5 Å². The minimum atomic E-state index is -1.41. The highest BCUT2D eigenvalue weighted by Gasteiger charge is 2.54. The van der Waals surface area contributed by atoms with E-state index in [4.69, 9.17) is 31.5 Å². The molecule has 2 aromatic rings. The molecular formula is C25H29ClN4O6. The molecule has 2 atom stereocenters. The Morgan fingerprint density at radius 3 is 2.53 bits per heavy atom. The predicted octanol–water partition coefficient (Wildman–Crippen LogP) is 2.35. The van der Waals surface area contributed by atoms with Crippen molar-refractivity contribution in [1.82, 2.24) is 4.90 Å². The Bertz CT molecular complexity index is 1100. The van der Waals surface area contributed by atoms with Crippen LogP contribution in [-0.4, -0.2) is 75.5 Å². The molecule has 10 nitrogen and oxygen atoms in total. The number of morpholine rings is 1. The second kappa shape index (κ2) is 11.3. The lowest BCUT2D eigenvalue weighted by molar-refractivity contribution is -0.126. The van der Waals surface area contributed by atoms with Gasteiger partial charge in [-0.25, -0.2) is 4.79 Å². The van der Waals surface area contributed by atoms with Gasteiger partial charge in [-0.15, -0.1) is 0 Å². The van der Waals surface area contributed by atoms with E-state index in [-0.39, 0.29) is 25.5 Å². The molecule has 0 unspecified atom stereocenters. The number of amides is 4. The van der Waals surface area contributed by atoms with Crippen molar-refractivity contribution >= 4 is 40.8 Å². The van der Waals surface area contributed by atoms with Gasteiger partial charge in [-0.3, -0.25) is 9.59 Å². The highest BCUT2D eigenvalue weighted by atomic mass is 35.5. The summed E-state index contributed by atoms with van der Waals surface area (Å²) in [6.45, 7) is 1.80. The Hall–Kier alpha value is -3.18. The molecule has 2 saturated heterocycles. The van der Waals surface area contributed by atoms with Crippen molar-refractivity contribution in [3.63, 3.8) is 0 Å². The van der Waals surface area contributed by atoms with Crippen LogP contribution in [-0.2, 0) is 29.3 Å². The molecule has 4 rings (SSSR count). The van der Waals surface area contributed by atoms with Crippen molar-refractivity contribution in [2.45, 2.75) is 18.1 Å². The minimum absolute atomic E-state index is 0.0403. The van der Waals surface area contributed by atoms with E-state index in [1.165, 1.54) is 4.90 Å². The standard InChI is InChI=1S/C25H29ClN4O6/c1-34-12-13-36-21-14-25(30(15-21)24(27)33,17-2-4-18(26)5-3-17)23(32)28-19-6-8-20(9-7-19)29-10-11-35-16-22(29)31/h2-9,21H,10-16H2,1H3,(H2,27,33)(H,28,32)/t21-,25-/m1/s1. The summed E-state index contributed by atoms with van der Waals surface area (Å²) in [6, 6.07) is 12.9. The molecule has 36 heavy (non-hydrogen) atoms. The first-order chi connectivity index (χ1) is 17.3. The molecule has 2 fully saturated rings. The molecule has 0 radical (unpaired) electrons. The van der Waals surface area contributed by atoms with E-state index in [0.717, 1.165) is 0 Å². The van der Waals surface area contributed by atoms with Gasteiger partial charge in [0.25, 0.3) is 11.8 Å². The van der Waals surface area contributed by atoms with Gasteiger partial charge in [-0.05, 0) is 42.0 Å². The highest BCUT2D eigenvalue weighted by molar-refractivity contribution is 6.30. The summed E-state index contributed by atoms with van der Waals surface area (Å²) in [5.41, 5.74) is 6.13. The number of halogens is 1. The fourth-order valence-corrected chi connectivity index (χ4v) is 4.77. The molecule has 2 heterocycles. The smallest absolute Gasteiger partial charge is 0.316 e. The van der Waals surface area contributed by atoms with Gasteiger partial charge >= 0.3 is 6.03 Å².